The minimum atomic E-state index is -1.13. The third-order valence-corrected chi connectivity index (χ3v) is 5.99. The van der Waals surface area contributed by atoms with Gasteiger partial charge in [0.2, 0.25) is 0 Å². The number of aliphatic hydroxyl groups is 3. The Labute approximate surface area is 132 Å². The molecule has 3 aliphatic carbocycles. The lowest BCUT2D eigenvalue weighted by molar-refractivity contribution is -0.141. The molecule has 0 unspecified atom stereocenters. The Balaban J connectivity index is 2.17. The SMILES string of the molecule is CC1(C)C[C@@]2(O)C[C@@](C)(C1)[C@H](O)C1=C2C(=O)C[C@@](C)(CO)C1. The van der Waals surface area contributed by atoms with Crippen molar-refractivity contribution in [3.8, 4) is 0 Å². The van der Waals surface area contributed by atoms with Gasteiger partial charge >= 0.3 is 0 Å². The number of Topliss-reactive ketones (excluding diaryl/α,β-unsaturated/α-hetero) is 1. The summed E-state index contributed by atoms with van der Waals surface area (Å²) in [4.78, 5) is 12.7. The van der Waals surface area contributed by atoms with Crippen LogP contribution in [-0.4, -0.2) is 39.4 Å². The van der Waals surface area contributed by atoms with Crippen LogP contribution in [-0.2, 0) is 4.79 Å². The van der Waals surface area contributed by atoms with E-state index in [0.717, 1.165) is 6.42 Å². The van der Waals surface area contributed by atoms with Crippen molar-refractivity contribution in [2.75, 3.05) is 6.61 Å². The van der Waals surface area contributed by atoms with Crippen molar-refractivity contribution in [3.63, 3.8) is 0 Å². The van der Waals surface area contributed by atoms with Crippen LogP contribution in [0.4, 0.5) is 0 Å². The molecule has 3 aliphatic rings. The maximum atomic E-state index is 12.7. The second-order valence-electron chi connectivity index (χ2n) is 9.43. The third-order valence-electron chi connectivity index (χ3n) is 5.99. The quantitative estimate of drug-likeness (QED) is 0.692. The molecule has 0 aromatic carbocycles. The second kappa shape index (κ2) is 4.43. The van der Waals surface area contributed by atoms with Gasteiger partial charge in [0.15, 0.2) is 5.78 Å². The first-order valence-corrected chi connectivity index (χ1v) is 8.22. The average molecular weight is 308 g/mol. The Morgan fingerprint density at radius 3 is 2.32 bits per heavy atom. The molecule has 2 bridgehead atoms. The van der Waals surface area contributed by atoms with E-state index in [1.807, 2.05) is 13.8 Å². The standard InChI is InChI=1S/C18H28O4/c1-15(2)7-17(4)9-18(22,8-15)13-11(14(17)21)5-16(3,10-19)6-12(13)20/h14,19,21-22H,5-10H2,1-4H3/t14-,16+,17-,18-/m1/s1. The molecule has 0 aromatic rings. The van der Waals surface area contributed by atoms with Gasteiger partial charge < -0.3 is 15.3 Å². The Kier molecular flexibility index (Phi) is 3.25. The predicted molar refractivity (Wildman–Crippen MR) is 83.2 cm³/mol. The lowest BCUT2D eigenvalue weighted by atomic mass is 9.48. The van der Waals surface area contributed by atoms with Gasteiger partial charge in [-0.2, -0.15) is 0 Å². The van der Waals surface area contributed by atoms with Crippen molar-refractivity contribution in [2.45, 2.75) is 71.5 Å². The van der Waals surface area contributed by atoms with Crippen molar-refractivity contribution in [2.24, 2.45) is 16.2 Å². The van der Waals surface area contributed by atoms with Gasteiger partial charge in [0, 0.05) is 29.4 Å². The molecule has 1 fully saturated rings. The summed E-state index contributed by atoms with van der Waals surface area (Å²) in [5.41, 5.74) is -1.04. The number of fused-ring (bicyclic) bond motifs is 3. The molecule has 0 amide bonds. The first-order valence-electron chi connectivity index (χ1n) is 8.22. The molecule has 4 heteroatoms. The lowest BCUT2D eigenvalue weighted by Gasteiger charge is -2.59. The highest BCUT2D eigenvalue weighted by atomic mass is 16.3. The summed E-state index contributed by atoms with van der Waals surface area (Å²) >= 11 is 0. The normalized spacial score (nSPS) is 47.4. The zero-order valence-electron chi connectivity index (χ0n) is 14.1. The van der Waals surface area contributed by atoms with Gasteiger partial charge in [0.05, 0.1) is 11.7 Å². The van der Waals surface area contributed by atoms with E-state index in [1.54, 1.807) is 0 Å². The topological polar surface area (TPSA) is 77.8 Å². The van der Waals surface area contributed by atoms with Crippen LogP contribution in [0.2, 0.25) is 0 Å². The number of aliphatic hydroxyl groups excluding tert-OH is 2. The number of rotatable bonds is 1. The van der Waals surface area contributed by atoms with E-state index < -0.39 is 22.5 Å². The highest BCUT2D eigenvalue weighted by Crippen LogP contribution is 2.61. The Hall–Kier alpha value is -0.710. The average Bonchev–Trinajstić information content (AvgIpc) is 2.32. The molecule has 0 aromatic heterocycles. The first kappa shape index (κ1) is 16.2. The Bertz CT molecular complexity index is 563. The monoisotopic (exact) mass is 308 g/mol. The van der Waals surface area contributed by atoms with Crippen LogP contribution in [0.3, 0.4) is 0 Å². The molecule has 0 aliphatic heterocycles. The van der Waals surface area contributed by atoms with Gasteiger partial charge in [-0.3, -0.25) is 4.79 Å². The smallest absolute Gasteiger partial charge is 0.162 e. The Morgan fingerprint density at radius 2 is 1.73 bits per heavy atom. The van der Waals surface area contributed by atoms with Crippen molar-refractivity contribution >= 4 is 5.78 Å². The van der Waals surface area contributed by atoms with Gasteiger partial charge in [-0.15, -0.1) is 0 Å². The fraction of sp³-hybridized carbons (Fsp3) is 0.833. The molecule has 0 heterocycles. The highest BCUT2D eigenvalue weighted by Gasteiger charge is 2.60. The highest BCUT2D eigenvalue weighted by molar-refractivity contribution is 6.00. The molecule has 0 spiro atoms. The summed E-state index contributed by atoms with van der Waals surface area (Å²) in [6, 6.07) is 0. The number of hydrogen-bond donors (Lipinski definition) is 3. The van der Waals surface area contributed by atoms with E-state index in [2.05, 4.69) is 13.8 Å². The maximum Gasteiger partial charge on any atom is 0.162 e. The van der Waals surface area contributed by atoms with Gasteiger partial charge in [0.25, 0.3) is 0 Å². The van der Waals surface area contributed by atoms with Crippen molar-refractivity contribution in [1.82, 2.24) is 0 Å². The van der Waals surface area contributed by atoms with E-state index >= 15 is 0 Å². The molecular formula is C18H28O4. The molecule has 0 radical (unpaired) electrons. The summed E-state index contributed by atoms with van der Waals surface area (Å²) in [5, 5.41) is 31.9. The summed E-state index contributed by atoms with van der Waals surface area (Å²) in [5.74, 6) is -0.0981. The van der Waals surface area contributed by atoms with E-state index in [0.29, 0.717) is 30.4 Å². The Morgan fingerprint density at radius 1 is 1.09 bits per heavy atom. The van der Waals surface area contributed by atoms with Gasteiger partial charge in [-0.25, -0.2) is 0 Å². The second-order valence-corrected chi connectivity index (χ2v) is 9.43. The van der Waals surface area contributed by atoms with Crippen LogP contribution >= 0.6 is 0 Å². The molecule has 3 N–H and O–H groups in total. The zero-order valence-corrected chi connectivity index (χ0v) is 14.1. The maximum absolute atomic E-state index is 12.7. The number of ketones is 1. The number of hydrogen-bond acceptors (Lipinski definition) is 4. The first-order chi connectivity index (χ1) is 9.94. The molecular weight excluding hydrogens is 280 g/mol. The minimum absolute atomic E-state index is 0.0805. The van der Waals surface area contributed by atoms with Gasteiger partial charge in [-0.05, 0) is 36.7 Å². The third kappa shape index (κ3) is 2.19. The van der Waals surface area contributed by atoms with Crippen LogP contribution in [0.1, 0.15) is 59.8 Å². The minimum Gasteiger partial charge on any atom is -0.396 e. The summed E-state index contributed by atoms with van der Waals surface area (Å²) in [7, 11) is 0. The molecule has 22 heavy (non-hydrogen) atoms. The molecule has 4 atom stereocenters. The van der Waals surface area contributed by atoms with Gasteiger partial charge in [0.1, 0.15) is 0 Å². The molecule has 1 saturated carbocycles. The van der Waals surface area contributed by atoms with Crippen LogP contribution in [0.15, 0.2) is 11.1 Å². The van der Waals surface area contributed by atoms with Crippen molar-refractivity contribution in [1.29, 1.82) is 0 Å². The summed E-state index contributed by atoms with van der Waals surface area (Å²) in [6.45, 7) is 8.01. The molecule has 124 valence electrons. The molecule has 3 rings (SSSR count). The predicted octanol–water partition coefficient (Wildman–Crippen LogP) is 1.97. The zero-order chi connectivity index (χ0) is 16.6. The van der Waals surface area contributed by atoms with E-state index in [4.69, 9.17) is 0 Å². The number of carbonyl (C=O) groups excluding carboxylic acids is 1. The van der Waals surface area contributed by atoms with Crippen LogP contribution in [0.5, 0.6) is 0 Å². The molecule has 4 nitrogen and oxygen atoms in total. The van der Waals surface area contributed by atoms with E-state index in [9.17, 15) is 20.1 Å². The van der Waals surface area contributed by atoms with Crippen molar-refractivity contribution < 1.29 is 20.1 Å². The summed E-state index contributed by atoms with van der Waals surface area (Å²) < 4.78 is 0. The fourth-order valence-corrected chi connectivity index (χ4v) is 5.70. The van der Waals surface area contributed by atoms with Crippen LogP contribution in [0, 0.1) is 16.2 Å². The van der Waals surface area contributed by atoms with Crippen LogP contribution < -0.4 is 0 Å². The van der Waals surface area contributed by atoms with Crippen LogP contribution in [0.25, 0.3) is 0 Å². The molecule has 0 saturated heterocycles. The van der Waals surface area contributed by atoms with E-state index in [1.165, 1.54) is 0 Å². The van der Waals surface area contributed by atoms with Crippen molar-refractivity contribution in [3.05, 3.63) is 11.1 Å². The summed E-state index contributed by atoms with van der Waals surface area (Å²) in [6.07, 6.45) is 1.86. The van der Waals surface area contributed by atoms with Gasteiger partial charge in [-0.1, -0.05) is 27.7 Å². The largest absolute Gasteiger partial charge is 0.396 e. The lowest BCUT2D eigenvalue weighted by Crippen LogP contribution is -2.59. The number of carbonyl (C=O) groups is 1. The van der Waals surface area contributed by atoms with E-state index in [-0.39, 0.29) is 24.2 Å². The fourth-order valence-electron chi connectivity index (χ4n) is 5.70.